The molecule has 1 aromatic heterocycles. The summed E-state index contributed by atoms with van der Waals surface area (Å²) < 4.78 is 29.0. The van der Waals surface area contributed by atoms with E-state index in [2.05, 4.69) is 15.5 Å². The van der Waals surface area contributed by atoms with Gasteiger partial charge in [-0.3, -0.25) is 4.79 Å². The van der Waals surface area contributed by atoms with Crippen LogP contribution in [0.1, 0.15) is 11.5 Å². The van der Waals surface area contributed by atoms with E-state index in [9.17, 15) is 9.18 Å². The molecule has 3 aromatic rings. The Bertz CT molecular complexity index is 942. The molecule has 0 aliphatic heterocycles. The average molecular weight is 371 g/mol. The number of nitrogens with one attached hydrogen (secondary N) is 1. The topological polar surface area (TPSA) is 86.5 Å². The molecule has 3 rings (SSSR count). The predicted molar refractivity (Wildman–Crippen MR) is 94.8 cm³/mol. The molecule has 27 heavy (non-hydrogen) atoms. The van der Waals surface area contributed by atoms with Gasteiger partial charge in [0, 0.05) is 5.56 Å². The van der Waals surface area contributed by atoms with Gasteiger partial charge in [-0.15, -0.1) is 0 Å². The molecule has 0 radical (unpaired) electrons. The van der Waals surface area contributed by atoms with Crippen LogP contribution in [0.15, 0.2) is 47.0 Å². The number of rotatable bonds is 7. The number of carbonyl (C=O) groups is 1. The molecule has 0 aliphatic rings. The quantitative estimate of drug-likeness (QED) is 0.687. The van der Waals surface area contributed by atoms with Crippen LogP contribution >= 0.6 is 0 Å². The van der Waals surface area contributed by atoms with E-state index in [0.29, 0.717) is 17.1 Å². The number of aromatic nitrogens is 2. The van der Waals surface area contributed by atoms with E-state index in [1.807, 2.05) is 19.1 Å². The molecule has 0 atom stereocenters. The van der Waals surface area contributed by atoms with Crippen LogP contribution in [0.5, 0.6) is 11.5 Å². The van der Waals surface area contributed by atoms with Gasteiger partial charge in [-0.05, 0) is 36.8 Å². The molecule has 140 valence electrons. The van der Waals surface area contributed by atoms with Crippen LogP contribution in [-0.2, 0) is 11.3 Å². The zero-order chi connectivity index (χ0) is 19.2. The fourth-order valence-electron chi connectivity index (χ4n) is 2.33. The fourth-order valence-corrected chi connectivity index (χ4v) is 2.33. The standard InChI is InChI=1S/C19H18FN3O4/c1-12-6-7-15(16(8-12)25-2)26-11-17(24)21-10-18-22-19(23-27-18)13-4-3-5-14(20)9-13/h3-9H,10-11H2,1-2H3,(H,21,24). The first-order valence-corrected chi connectivity index (χ1v) is 8.18. The minimum Gasteiger partial charge on any atom is -0.493 e. The van der Waals surface area contributed by atoms with Crippen molar-refractivity contribution in [3.05, 3.63) is 59.7 Å². The van der Waals surface area contributed by atoms with Crippen molar-refractivity contribution in [2.75, 3.05) is 13.7 Å². The third kappa shape index (κ3) is 4.81. The molecule has 0 unspecified atom stereocenters. The normalized spacial score (nSPS) is 10.5. The highest BCUT2D eigenvalue weighted by molar-refractivity contribution is 5.77. The zero-order valence-corrected chi connectivity index (χ0v) is 14.9. The summed E-state index contributed by atoms with van der Waals surface area (Å²) in [6, 6.07) is 11.3. The molecular formula is C19H18FN3O4. The first kappa shape index (κ1) is 18.4. The summed E-state index contributed by atoms with van der Waals surface area (Å²) >= 11 is 0. The maximum atomic E-state index is 13.2. The van der Waals surface area contributed by atoms with Gasteiger partial charge >= 0.3 is 0 Å². The van der Waals surface area contributed by atoms with E-state index < -0.39 is 5.82 Å². The Kier molecular flexibility index (Phi) is 5.65. The van der Waals surface area contributed by atoms with Crippen LogP contribution in [0.4, 0.5) is 4.39 Å². The molecule has 1 amide bonds. The summed E-state index contributed by atoms with van der Waals surface area (Å²) in [5, 5.41) is 6.40. The number of ether oxygens (including phenoxy) is 2. The van der Waals surface area contributed by atoms with Crippen molar-refractivity contribution in [3.63, 3.8) is 0 Å². The lowest BCUT2D eigenvalue weighted by Crippen LogP contribution is -2.28. The molecule has 7 nitrogen and oxygen atoms in total. The number of carbonyl (C=O) groups excluding carboxylic acids is 1. The van der Waals surface area contributed by atoms with Gasteiger partial charge < -0.3 is 19.3 Å². The van der Waals surface area contributed by atoms with E-state index in [-0.39, 0.29) is 30.8 Å². The van der Waals surface area contributed by atoms with Gasteiger partial charge in [0.2, 0.25) is 11.7 Å². The van der Waals surface area contributed by atoms with E-state index >= 15 is 0 Å². The smallest absolute Gasteiger partial charge is 0.258 e. The van der Waals surface area contributed by atoms with Crippen molar-refractivity contribution in [2.24, 2.45) is 0 Å². The highest BCUT2D eigenvalue weighted by Gasteiger charge is 2.12. The minimum absolute atomic E-state index is 0.0372. The summed E-state index contributed by atoms with van der Waals surface area (Å²) in [7, 11) is 1.54. The van der Waals surface area contributed by atoms with Crippen molar-refractivity contribution in [2.45, 2.75) is 13.5 Å². The van der Waals surface area contributed by atoms with Crippen molar-refractivity contribution in [1.29, 1.82) is 0 Å². The van der Waals surface area contributed by atoms with Gasteiger partial charge in [-0.2, -0.15) is 4.98 Å². The summed E-state index contributed by atoms with van der Waals surface area (Å²) in [6.45, 7) is 1.78. The second-order valence-corrected chi connectivity index (χ2v) is 5.74. The average Bonchev–Trinajstić information content (AvgIpc) is 3.14. The maximum Gasteiger partial charge on any atom is 0.258 e. The number of hydrogen-bond acceptors (Lipinski definition) is 6. The maximum absolute atomic E-state index is 13.2. The number of aryl methyl sites for hydroxylation is 1. The fraction of sp³-hybridized carbons (Fsp3) is 0.211. The molecule has 0 spiro atoms. The third-order valence-electron chi connectivity index (χ3n) is 3.67. The molecule has 1 N–H and O–H groups in total. The summed E-state index contributed by atoms with van der Waals surface area (Å²) in [4.78, 5) is 16.1. The van der Waals surface area contributed by atoms with Gasteiger partial charge in [0.25, 0.3) is 5.91 Å². The Balaban J connectivity index is 1.53. The van der Waals surface area contributed by atoms with Crippen LogP contribution in [0.2, 0.25) is 0 Å². The first-order chi connectivity index (χ1) is 13.0. The highest BCUT2D eigenvalue weighted by atomic mass is 19.1. The molecule has 8 heteroatoms. The Hall–Kier alpha value is -3.42. The lowest BCUT2D eigenvalue weighted by atomic mass is 10.2. The minimum atomic E-state index is -0.393. The second-order valence-electron chi connectivity index (χ2n) is 5.74. The van der Waals surface area contributed by atoms with Crippen molar-refractivity contribution < 1.29 is 23.2 Å². The Morgan fingerprint density at radius 2 is 2.07 bits per heavy atom. The third-order valence-corrected chi connectivity index (χ3v) is 3.67. The summed E-state index contributed by atoms with van der Waals surface area (Å²) in [6.07, 6.45) is 0. The number of nitrogens with zero attached hydrogens (tertiary/aromatic N) is 2. The number of hydrogen-bond donors (Lipinski definition) is 1. The van der Waals surface area contributed by atoms with Gasteiger partial charge in [-0.1, -0.05) is 23.4 Å². The van der Waals surface area contributed by atoms with Gasteiger partial charge in [0.15, 0.2) is 18.1 Å². The van der Waals surface area contributed by atoms with Crippen molar-refractivity contribution in [1.82, 2.24) is 15.5 Å². The van der Waals surface area contributed by atoms with E-state index in [1.165, 1.54) is 19.2 Å². The SMILES string of the molecule is COc1cc(C)ccc1OCC(=O)NCc1nc(-c2cccc(F)c2)no1. The van der Waals surface area contributed by atoms with Crippen LogP contribution in [0, 0.1) is 12.7 Å². The lowest BCUT2D eigenvalue weighted by Gasteiger charge is -2.10. The van der Waals surface area contributed by atoms with Crippen molar-refractivity contribution in [3.8, 4) is 22.9 Å². The van der Waals surface area contributed by atoms with Crippen LogP contribution in [0.25, 0.3) is 11.4 Å². The molecule has 1 heterocycles. The highest BCUT2D eigenvalue weighted by Crippen LogP contribution is 2.27. The van der Waals surface area contributed by atoms with Gasteiger partial charge in [0.1, 0.15) is 5.82 Å². The monoisotopic (exact) mass is 371 g/mol. The second kappa shape index (κ2) is 8.31. The first-order valence-electron chi connectivity index (χ1n) is 8.18. The van der Waals surface area contributed by atoms with Gasteiger partial charge in [-0.25, -0.2) is 4.39 Å². The molecule has 0 bridgehead atoms. The predicted octanol–water partition coefficient (Wildman–Crippen LogP) is 2.89. The molecular weight excluding hydrogens is 353 g/mol. The Labute approximate surface area is 155 Å². The Morgan fingerprint density at radius 1 is 1.22 bits per heavy atom. The lowest BCUT2D eigenvalue weighted by molar-refractivity contribution is -0.123. The largest absolute Gasteiger partial charge is 0.493 e. The van der Waals surface area contributed by atoms with Crippen LogP contribution in [0.3, 0.4) is 0 Å². The number of halogens is 1. The zero-order valence-electron chi connectivity index (χ0n) is 14.9. The Morgan fingerprint density at radius 3 is 2.85 bits per heavy atom. The van der Waals surface area contributed by atoms with Gasteiger partial charge in [0.05, 0.1) is 13.7 Å². The van der Waals surface area contributed by atoms with Crippen LogP contribution in [-0.4, -0.2) is 29.8 Å². The number of methoxy groups -OCH3 is 1. The summed E-state index contributed by atoms with van der Waals surface area (Å²) in [5.41, 5.74) is 1.51. The molecule has 0 saturated carbocycles. The van der Waals surface area contributed by atoms with E-state index in [4.69, 9.17) is 14.0 Å². The number of benzene rings is 2. The molecule has 0 aliphatic carbocycles. The molecule has 0 fully saturated rings. The summed E-state index contributed by atoms with van der Waals surface area (Å²) in [5.74, 6) is 0.734. The van der Waals surface area contributed by atoms with E-state index in [0.717, 1.165) is 5.56 Å². The van der Waals surface area contributed by atoms with E-state index in [1.54, 1.807) is 18.2 Å². The van der Waals surface area contributed by atoms with Crippen molar-refractivity contribution >= 4 is 5.91 Å². The van der Waals surface area contributed by atoms with Crippen LogP contribution < -0.4 is 14.8 Å². The molecule has 0 saturated heterocycles. The number of amides is 1. The molecule has 2 aromatic carbocycles.